The number of carbonyl (C=O) groups excluding carboxylic acids is 1. The first-order chi connectivity index (χ1) is 5.16. The Balaban J connectivity index is 2.39. The van der Waals surface area contributed by atoms with Gasteiger partial charge in [-0.25, -0.2) is 0 Å². The summed E-state index contributed by atoms with van der Waals surface area (Å²) < 4.78 is 10.5. The van der Waals surface area contributed by atoms with Crippen molar-refractivity contribution in [2.24, 2.45) is 0 Å². The van der Waals surface area contributed by atoms with E-state index < -0.39 is 5.79 Å². The number of hydrogen-bond acceptors (Lipinski definition) is 3. The van der Waals surface area contributed by atoms with Gasteiger partial charge in [-0.3, -0.25) is 4.79 Å². The molecule has 1 amide bonds. The molecule has 11 heavy (non-hydrogen) atoms. The van der Waals surface area contributed by atoms with Gasteiger partial charge in [-0.15, -0.1) is 0 Å². The molecule has 1 fully saturated rings. The number of amides is 1. The van der Waals surface area contributed by atoms with Gasteiger partial charge in [-0.05, 0) is 6.92 Å². The van der Waals surface area contributed by atoms with Crippen LogP contribution in [0.2, 0.25) is 0 Å². The Hall–Kier alpha value is -0.610. The molecule has 0 saturated carbocycles. The number of nitrogens with one attached hydrogen (secondary N) is 1. The maximum absolute atomic E-state index is 10.9. The summed E-state index contributed by atoms with van der Waals surface area (Å²) in [5.41, 5.74) is 0. The maximum Gasteiger partial charge on any atom is 0.225 e. The molecule has 0 aromatic rings. The molecule has 0 aromatic carbocycles. The van der Waals surface area contributed by atoms with E-state index in [0.717, 1.165) is 0 Å². The fourth-order valence-electron chi connectivity index (χ4n) is 1.04. The first kappa shape index (κ1) is 8.49. The van der Waals surface area contributed by atoms with Crippen LogP contribution in [0.3, 0.4) is 0 Å². The molecule has 0 spiro atoms. The van der Waals surface area contributed by atoms with Crippen molar-refractivity contribution < 1.29 is 14.3 Å². The van der Waals surface area contributed by atoms with E-state index >= 15 is 0 Å². The smallest absolute Gasteiger partial charge is 0.225 e. The lowest BCUT2D eigenvalue weighted by atomic mass is 10.2. The lowest BCUT2D eigenvalue weighted by molar-refractivity contribution is -0.159. The highest BCUT2D eigenvalue weighted by Gasteiger charge is 2.32. The highest BCUT2D eigenvalue weighted by molar-refractivity contribution is 5.76. The summed E-state index contributed by atoms with van der Waals surface area (Å²) in [7, 11) is 1.60. The van der Waals surface area contributed by atoms with E-state index in [1.54, 1.807) is 14.0 Å². The van der Waals surface area contributed by atoms with E-state index in [1.165, 1.54) is 0 Å². The van der Waals surface area contributed by atoms with Gasteiger partial charge < -0.3 is 14.8 Å². The first-order valence-electron chi connectivity index (χ1n) is 3.65. The summed E-state index contributed by atoms with van der Waals surface area (Å²) >= 11 is 0. The van der Waals surface area contributed by atoms with Gasteiger partial charge in [0.15, 0.2) is 5.79 Å². The van der Waals surface area contributed by atoms with Gasteiger partial charge in [0, 0.05) is 7.05 Å². The Labute approximate surface area is 65.9 Å². The zero-order chi connectivity index (χ0) is 8.32. The molecule has 0 aliphatic carbocycles. The van der Waals surface area contributed by atoms with Crippen molar-refractivity contribution in [3.63, 3.8) is 0 Å². The number of hydrogen-bond donors (Lipinski definition) is 1. The fraction of sp³-hybridized carbons (Fsp3) is 0.857. The van der Waals surface area contributed by atoms with E-state index in [0.29, 0.717) is 13.2 Å². The molecule has 1 heterocycles. The predicted octanol–water partition coefficient (Wildman–Crippen LogP) is -0.115. The second kappa shape index (κ2) is 3.19. The predicted molar refractivity (Wildman–Crippen MR) is 39.0 cm³/mol. The Kier molecular flexibility index (Phi) is 2.46. The minimum absolute atomic E-state index is 0.0607. The van der Waals surface area contributed by atoms with Crippen LogP contribution in [0, 0.1) is 0 Å². The average molecular weight is 159 g/mol. The minimum Gasteiger partial charge on any atom is -0.359 e. The van der Waals surface area contributed by atoms with Gasteiger partial charge in [-0.1, -0.05) is 0 Å². The second-order valence-electron chi connectivity index (χ2n) is 2.68. The molecule has 4 heteroatoms. The lowest BCUT2D eigenvalue weighted by Crippen LogP contribution is -2.33. The molecular formula is C7H13NO3. The lowest BCUT2D eigenvalue weighted by Gasteiger charge is -2.20. The molecule has 0 aromatic heterocycles. The van der Waals surface area contributed by atoms with Crippen LogP contribution in [-0.2, 0) is 14.3 Å². The molecule has 4 nitrogen and oxygen atoms in total. The second-order valence-corrected chi connectivity index (χ2v) is 2.68. The largest absolute Gasteiger partial charge is 0.359 e. The summed E-state index contributed by atoms with van der Waals surface area (Å²) in [6.07, 6.45) is 0.267. The third-order valence-corrected chi connectivity index (χ3v) is 1.66. The molecule has 0 unspecified atom stereocenters. The first-order valence-corrected chi connectivity index (χ1v) is 3.65. The standard InChI is InChI=1S/C7H13NO3/c1-7(5-6(9)8-2)10-3-4-11-7/h3-5H2,1-2H3,(H,8,9). The van der Waals surface area contributed by atoms with E-state index in [1.807, 2.05) is 0 Å². The monoisotopic (exact) mass is 159 g/mol. The van der Waals surface area contributed by atoms with Crippen LogP contribution in [0.1, 0.15) is 13.3 Å². The zero-order valence-electron chi connectivity index (χ0n) is 6.85. The molecule has 1 rings (SSSR count). The normalized spacial score (nSPS) is 21.6. The van der Waals surface area contributed by atoms with E-state index in [4.69, 9.17) is 9.47 Å². The molecule has 1 N–H and O–H groups in total. The van der Waals surface area contributed by atoms with Crippen LogP contribution in [-0.4, -0.2) is 32.0 Å². The molecule has 1 aliphatic heterocycles. The highest BCUT2D eigenvalue weighted by atomic mass is 16.7. The number of carbonyl (C=O) groups is 1. The van der Waals surface area contributed by atoms with Crippen molar-refractivity contribution >= 4 is 5.91 Å². The molecule has 0 atom stereocenters. The SMILES string of the molecule is CNC(=O)CC1(C)OCCO1. The van der Waals surface area contributed by atoms with Crippen LogP contribution >= 0.6 is 0 Å². The quantitative estimate of drug-likeness (QED) is 0.611. The molecule has 64 valence electrons. The molecule has 0 bridgehead atoms. The highest BCUT2D eigenvalue weighted by Crippen LogP contribution is 2.21. The number of ether oxygens (including phenoxy) is 2. The van der Waals surface area contributed by atoms with Gasteiger partial charge in [0.2, 0.25) is 5.91 Å². The van der Waals surface area contributed by atoms with Crippen molar-refractivity contribution in [1.82, 2.24) is 5.32 Å². The van der Waals surface area contributed by atoms with E-state index in [2.05, 4.69) is 5.32 Å². The number of rotatable bonds is 2. The third kappa shape index (κ3) is 2.17. The van der Waals surface area contributed by atoms with Gasteiger partial charge >= 0.3 is 0 Å². The van der Waals surface area contributed by atoms with Crippen LogP contribution in [0.15, 0.2) is 0 Å². The van der Waals surface area contributed by atoms with Gasteiger partial charge in [-0.2, -0.15) is 0 Å². The zero-order valence-corrected chi connectivity index (χ0v) is 6.85. The maximum atomic E-state index is 10.9. The van der Waals surface area contributed by atoms with Crippen LogP contribution in [0.25, 0.3) is 0 Å². The minimum atomic E-state index is -0.694. The van der Waals surface area contributed by atoms with Crippen LogP contribution < -0.4 is 5.32 Å². The van der Waals surface area contributed by atoms with Crippen molar-refractivity contribution in [3.8, 4) is 0 Å². The summed E-state index contributed by atoms with van der Waals surface area (Å²) in [4.78, 5) is 10.9. The Morgan fingerprint density at radius 3 is 2.55 bits per heavy atom. The van der Waals surface area contributed by atoms with Gasteiger partial charge in [0.1, 0.15) is 0 Å². The van der Waals surface area contributed by atoms with Crippen molar-refractivity contribution in [2.45, 2.75) is 19.1 Å². The van der Waals surface area contributed by atoms with E-state index in [9.17, 15) is 4.79 Å². The summed E-state index contributed by atoms with van der Waals surface area (Å²) in [5, 5.41) is 2.52. The Morgan fingerprint density at radius 2 is 2.09 bits per heavy atom. The summed E-state index contributed by atoms with van der Waals surface area (Å²) in [6, 6.07) is 0. The topological polar surface area (TPSA) is 47.6 Å². The molecule has 1 aliphatic rings. The summed E-state index contributed by atoms with van der Waals surface area (Å²) in [6.45, 7) is 2.93. The van der Waals surface area contributed by atoms with Crippen LogP contribution in [0.4, 0.5) is 0 Å². The molecule has 0 radical (unpaired) electrons. The summed E-state index contributed by atoms with van der Waals surface area (Å²) in [5.74, 6) is -0.755. The van der Waals surface area contributed by atoms with E-state index in [-0.39, 0.29) is 12.3 Å². The molecule has 1 saturated heterocycles. The third-order valence-electron chi connectivity index (χ3n) is 1.66. The van der Waals surface area contributed by atoms with Crippen LogP contribution in [0.5, 0.6) is 0 Å². The van der Waals surface area contributed by atoms with Crippen molar-refractivity contribution in [1.29, 1.82) is 0 Å². The molecular weight excluding hydrogens is 146 g/mol. The van der Waals surface area contributed by atoms with Crippen molar-refractivity contribution in [3.05, 3.63) is 0 Å². The van der Waals surface area contributed by atoms with Gasteiger partial charge in [0.05, 0.1) is 19.6 Å². The van der Waals surface area contributed by atoms with Gasteiger partial charge in [0.25, 0.3) is 0 Å². The fourth-order valence-corrected chi connectivity index (χ4v) is 1.04. The Bertz CT molecular complexity index is 152. The van der Waals surface area contributed by atoms with Crippen molar-refractivity contribution in [2.75, 3.05) is 20.3 Å². The average Bonchev–Trinajstić information content (AvgIpc) is 2.36. The Morgan fingerprint density at radius 1 is 1.55 bits per heavy atom.